The predicted molar refractivity (Wildman–Crippen MR) is 72.1 cm³/mol. The molecular weight excluding hydrogens is 234 g/mol. The fourth-order valence-corrected chi connectivity index (χ4v) is 2.63. The van der Waals surface area contributed by atoms with Crippen LogP contribution in [0.15, 0.2) is 18.2 Å². The van der Waals surface area contributed by atoms with Crippen molar-refractivity contribution in [3.05, 3.63) is 28.8 Å². The maximum Gasteiger partial charge on any atom is 0.161 e. The van der Waals surface area contributed by atoms with Crippen LogP contribution in [0.4, 0.5) is 5.69 Å². The standard InChI is InChI=1S/C14H18ClNO/c1-10(17)12-5-4-11(8-13(12)15)16-7-6-14(2,3)9-16/h4-5,8H,6-7,9H2,1-3H3. The number of Topliss-reactive ketones (excluding diaryl/α,β-unsaturated/α-hetero) is 1. The Balaban J connectivity index is 2.24. The molecule has 3 heteroatoms. The van der Waals surface area contributed by atoms with Gasteiger partial charge in [-0.25, -0.2) is 0 Å². The van der Waals surface area contributed by atoms with E-state index >= 15 is 0 Å². The summed E-state index contributed by atoms with van der Waals surface area (Å²) < 4.78 is 0. The number of ketones is 1. The van der Waals surface area contributed by atoms with Gasteiger partial charge in [-0.1, -0.05) is 25.4 Å². The summed E-state index contributed by atoms with van der Waals surface area (Å²) in [5, 5.41) is 0.555. The maximum atomic E-state index is 11.3. The molecule has 2 nitrogen and oxygen atoms in total. The van der Waals surface area contributed by atoms with Crippen LogP contribution in [-0.2, 0) is 0 Å². The topological polar surface area (TPSA) is 20.3 Å². The number of rotatable bonds is 2. The van der Waals surface area contributed by atoms with Crippen molar-refractivity contribution in [1.29, 1.82) is 0 Å². The van der Waals surface area contributed by atoms with E-state index in [-0.39, 0.29) is 5.78 Å². The molecule has 1 aliphatic rings. The Morgan fingerprint density at radius 1 is 1.41 bits per heavy atom. The van der Waals surface area contributed by atoms with Gasteiger partial charge < -0.3 is 4.90 Å². The first-order valence-electron chi connectivity index (χ1n) is 5.94. The molecule has 0 radical (unpaired) electrons. The Kier molecular flexibility index (Phi) is 3.17. The number of nitrogens with zero attached hydrogens (tertiary/aromatic N) is 1. The lowest BCUT2D eigenvalue weighted by molar-refractivity contribution is 0.101. The molecule has 17 heavy (non-hydrogen) atoms. The molecule has 1 aromatic carbocycles. The van der Waals surface area contributed by atoms with Crippen LogP contribution in [0.1, 0.15) is 37.6 Å². The molecule has 0 aromatic heterocycles. The quantitative estimate of drug-likeness (QED) is 0.746. The molecule has 0 bridgehead atoms. The average molecular weight is 252 g/mol. The third-order valence-electron chi connectivity index (χ3n) is 3.37. The first-order chi connectivity index (χ1) is 7.89. The maximum absolute atomic E-state index is 11.3. The Bertz CT molecular complexity index is 454. The van der Waals surface area contributed by atoms with E-state index in [0.29, 0.717) is 16.0 Å². The van der Waals surface area contributed by atoms with Crippen molar-refractivity contribution in [3.63, 3.8) is 0 Å². The predicted octanol–water partition coefficient (Wildman–Crippen LogP) is 3.78. The van der Waals surface area contributed by atoms with Gasteiger partial charge in [0.2, 0.25) is 0 Å². The lowest BCUT2D eigenvalue weighted by Crippen LogP contribution is -2.22. The van der Waals surface area contributed by atoms with Crippen molar-refractivity contribution in [3.8, 4) is 0 Å². The summed E-state index contributed by atoms with van der Waals surface area (Å²) >= 11 is 6.13. The molecule has 2 rings (SSSR count). The van der Waals surface area contributed by atoms with Gasteiger partial charge in [0.25, 0.3) is 0 Å². The van der Waals surface area contributed by atoms with E-state index in [0.717, 1.165) is 18.8 Å². The summed E-state index contributed by atoms with van der Waals surface area (Å²) in [6.45, 7) is 8.20. The van der Waals surface area contributed by atoms with E-state index in [9.17, 15) is 4.79 Å². The molecule has 1 saturated heterocycles. The van der Waals surface area contributed by atoms with Crippen molar-refractivity contribution >= 4 is 23.1 Å². The molecule has 0 amide bonds. The van der Waals surface area contributed by atoms with E-state index in [1.54, 1.807) is 6.92 Å². The lowest BCUT2D eigenvalue weighted by Gasteiger charge is -2.22. The minimum Gasteiger partial charge on any atom is -0.371 e. The lowest BCUT2D eigenvalue weighted by atomic mass is 9.93. The molecule has 0 N–H and O–H groups in total. The van der Waals surface area contributed by atoms with Crippen LogP contribution in [0.3, 0.4) is 0 Å². The number of hydrogen-bond acceptors (Lipinski definition) is 2. The van der Waals surface area contributed by atoms with E-state index in [4.69, 9.17) is 11.6 Å². The molecule has 1 aliphatic heterocycles. The second-order valence-electron chi connectivity index (χ2n) is 5.56. The zero-order chi connectivity index (χ0) is 12.6. The number of carbonyl (C=O) groups is 1. The number of anilines is 1. The minimum absolute atomic E-state index is 0.0169. The number of halogens is 1. The van der Waals surface area contributed by atoms with Crippen LogP contribution in [0, 0.1) is 5.41 Å². The van der Waals surface area contributed by atoms with Crippen molar-refractivity contribution < 1.29 is 4.79 Å². The first-order valence-corrected chi connectivity index (χ1v) is 6.32. The third kappa shape index (κ3) is 2.63. The van der Waals surface area contributed by atoms with Gasteiger partial charge >= 0.3 is 0 Å². The summed E-state index contributed by atoms with van der Waals surface area (Å²) in [5.41, 5.74) is 2.09. The van der Waals surface area contributed by atoms with Crippen LogP contribution in [0.5, 0.6) is 0 Å². The monoisotopic (exact) mass is 251 g/mol. The van der Waals surface area contributed by atoms with Gasteiger partial charge in [0.15, 0.2) is 5.78 Å². The first kappa shape index (κ1) is 12.4. The van der Waals surface area contributed by atoms with Gasteiger partial charge in [0.1, 0.15) is 0 Å². The number of hydrogen-bond donors (Lipinski definition) is 0. The van der Waals surface area contributed by atoms with Gasteiger partial charge in [0, 0.05) is 24.3 Å². The fraction of sp³-hybridized carbons (Fsp3) is 0.500. The highest BCUT2D eigenvalue weighted by atomic mass is 35.5. The van der Waals surface area contributed by atoms with Gasteiger partial charge in [0.05, 0.1) is 5.02 Å². The largest absolute Gasteiger partial charge is 0.371 e. The van der Waals surface area contributed by atoms with E-state index in [1.807, 2.05) is 18.2 Å². The highest BCUT2D eigenvalue weighted by molar-refractivity contribution is 6.34. The average Bonchev–Trinajstić information content (AvgIpc) is 2.58. The SMILES string of the molecule is CC(=O)c1ccc(N2CCC(C)(C)C2)cc1Cl. The summed E-state index contributed by atoms with van der Waals surface area (Å²) in [6, 6.07) is 5.72. The number of benzene rings is 1. The van der Waals surface area contributed by atoms with Crippen molar-refractivity contribution in [2.24, 2.45) is 5.41 Å². The second-order valence-corrected chi connectivity index (χ2v) is 5.96. The molecule has 0 saturated carbocycles. The van der Waals surface area contributed by atoms with Crippen LogP contribution in [-0.4, -0.2) is 18.9 Å². The summed E-state index contributed by atoms with van der Waals surface area (Å²) in [6.07, 6.45) is 1.19. The molecular formula is C14H18ClNO. The minimum atomic E-state index is 0.0169. The van der Waals surface area contributed by atoms with Crippen LogP contribution < -0.4 is 4.90 Å². The molecule has 92 valence electrons. The summed E-state index contributed by atoms with van der Waals surface area (Å²) in [7, 11) is 0. The Labute approximate surface area is 108 Å². The zero-order valence-electron chi connectivity index (χ0n) is 10.6. The van der Waals surface area contributed by atoms with Crippen molar-refractivity contribution in [2.45, 2.75) is 27.2 Å². The second kappa shape index (κ2) is 4.34. The number of carbonyl (C=O) groups excluding carboxylic acids is 1. The Morgan fingerprint density at radius 2 is 2.12 bits per heavy atom. The van der Waals surface area contributed by atoms with Crippen molar-refractivity contribution in [2.75, 3.05) is 18.0 Å². The molecule has 0 aliphatic carbocycles. The molecule has 0 spiro atoms. The van der Waals surface area contributed by atoms with Crippen LogP contribution in [0.2, 0.25) is 5.02 Å². The van der Waals surface area contributed by atoms with E-state index in [1.165, 1.54) is 6.42 Å². The van der Waals surface area contributed by atoms with Crippen LogP contribution in [0.25, 0.3) is 0 Å². The van der Waals surface area contributed by atoms with Gasteiger partial charge in [-0.05, 0) is 37.0 Å². The molecule has 0 unspecified atom stereocenters. The fourth-order valence-electron chi connectivity index (χ4n) is 2.32. The molecule has 1 fully saturated rings. The molecule has 0 atom stereocenters. The molecule has 1 aromatic rings. The van der Waals surface area contributed by atoms with E-state index < -0.39 is 0 Å². The summed E-state index contributed by atoms with van der Waals surface area (Å²) in [4.78, 5) is 13.6. The highest BCUT2D eigenvalue weighted by Crippen LogP contribution is 2.34. The smallest absolute Gasteiger partial charge is 0.161 e. The molecule has 1 heterocycles. The van der Waals surface area contributed by atoms with Gasteiger partial charge in [-0.2, -0.15) is 0 Å². The van der Waals surface area contributed by atoms with Gasteiger partial charge in [-0.3, -0.25) is 4.79 Å². The zero-order valence-corrected chi connectivity index (χ0v) is 11.3. The van der Waals surface area contributed by atoms with Crippen LogP contribution >= 0.6 is 11.6 Å². The Morgan fingerprint density at radius 3 is 2.59 bits per heavy atom. The van der Waals surface area contributed by atoms with Gasteiger partial charge in [-0.15, -0.1) is 0 Å². The normalized spacial score (nSPS) is 18.5. The Hall–Kier alpha value is -1.02. The summed E-state index contributed by atoms with van der Waals surface area (Å²) in [5.74, 6) is 0.0169. The van der Waals surface area contributed by atoms with Crippen molar-refractivity contribution in [1.82, 2.24) is 0 Å². The third-order valence-corrected chi connectivity index (χ3v) is 3.69. The highest BCUT2D eigenvalue weighted by Gasteiger charge is 2.29. The van der Waals surface area contributed by atoms with E-state index in [2.05, 4.69) is 18.7 Å².